The molecule has 0 spiro atoms. The fourth-order valence-corrected chi connectivity index (χ4v) is 3.99. The first kappa shape index (κ1) is 17.8. The minimum Gasteiger partial charge on any atom is -0.312 e. The first-order valence-electron chi connectivity index (χ1n) is 7.30. The quantitative estimate of drug-likeness (QED) is 0.578. The summed E-state index contributed by atoms with van der Waals surface area (Å²) in [6, 6.07) is 9.35. The fraction of sp³-hybridized carbons (Fsp3) is 0.0667. The molecule has 2 aromatic heterocycles. The molecule has 1 amide bonds. The summed E-state index contributed by atoms with van der Waals surface area (Å²) in [6.07, 6.45) is 1.20. The number of nitrogens with zero attached hydrogens (tertiary/aromatic N) is 2. The normalized spacial score (nSPS) is 11.1. The van der Waals surface area contributed by atoms with Crippen LogP contribution in [0.15, 0.2) is 57.7 Å². The van der Waals surface area contributed by atoms with Crippen molar-refractivity contribution in [3.05, 3.63) is 64.2 Å². The number of rotatable bonds is 6. The van der Waals surface area contributed by atoms with Crippen LogP contribution in [-0.4, -0.2) is 29.3 Å². The molecule has 0 saturated carbocycles. The Morgan fingerprint density at radius 2 is 1.96 bits per heavy atom. The minimum absolute atomic E-state index is 0.0755. The zero-order valence-electron chi connectivity index (χ0n) is 13.2. The molecule has 3 rings (SSSR count). The van der Waals surface area contributed by atoms with E-state index in [9.17, 15) is 18.0 Å². The summed E-state index contributed by atoms with van der Waals surface area (Å²) in [5.74, 6) is -0.190. The lowest BCUT2D eigenvalue weighted by Gasteiger charge is -2.04. The molecule has 0 aliphatic rings. The van der Waals surface area contributed by atoms with Crippen molar-refractivity contribution in [2.75, 3.05) is 10.0 Å². The van der Waals surface area contributed by atoms with E-state index in [4.69, 9.17) is 0 Å². The lowest BCUT2D eigenvalue weighted by Crippen LogP contribution is -2.19. The number of nitrogens with one attached hydrogen (secondary N) is 3. The largest absolute Gasteiger partial charge is 0.346 e. The van der Waals surface area contributed by atoms with Crippen LogP contribution in [0.5, 0.6) is 0 Å². The predicted octanol–water partition coefficient (Wildman–Crippen LogP) is 1.21. The van der Waals surface area contributed by atoms with E-state index in [1.165, 1.54) is 24.4 Å². The number of hydrogen-bond acceptors (Lipinski definition) is 7. The van der Waals surface area contributed by atoms with Gasteiger partial charge in [-0.2, -0.15) is 0 Å². The summed E-state index contributed by atoms with van der Waals surface area (Å²) in [6.45, 7) is 0. The number of aromatic nitrogens is 3. The van der Waals surface area contributed by atoms with Crippen molar-refractivity contribution < 1.29 is 13.2 Å². The van der Waals surface area contributed by atoms with Crippen molar-refractivity contribution in [2.24, 2.45) is 0 Å². The molecule has 9 nitrogen and oxygen atoms in total. The standard InChI is InChI=1S/C15H13N5O4S2/c21-13(18-12-6-7-16-14(22)19-12)8-10-9-25-15(17-10)20-26(23,24)11-4-2-1-3-5-11/h1-7,9H,8H2,(H,17,20)(H2,16,18,19,21,22). The summed E-state index contributed by atoms with van der Waals surface area (Å²) in [5.41, 5.74) is -0.177. The van der Waals surface area contributed by atoms with Gasteiger partial charge in [0.15, 0.2) is 5.13 Å². The Morgan fingerprint density at radius 1 is 1.19 bits per heavy atom. The van der Waals surface area contributed by atoms with Gasteiger partial charge < -0.3 is 5.32 Å². The topological polar surface area (TPSA) is 134 Å². The maximum Gasteiger partial charge on any atom is 0.346 e. The van der Waals surface area contributed by atoms with Gasteiger partial charge in [-0.15, -0.1) is 11.3 Å². The van der Waals surface area contributed by atoms with Gasteiger partial charge in [0.25, 0.3) is 10.0 Å². The first-order chi connectivity index (χ1) is 12.4. The van der Waals surface area contributed by atoms with Crippen LogP contribution in [-0.2, 0) is 21.2 Å². The fourth-order valence-electron chi connectivity index (χ4n) is 2.01. The van der Waals surface area contributed by atoms with Crippen LogP contribution in [0.25, 0.3) is 0 Å². The highest BCUT2D eigenvalue weighted by molar-refractivity contribution is 7.93. The second kappa shape index (κ2) is 7.45. The van der Waals surface area contributed by atoms with E-state index in [-0.39, 0.29) is 22.3 Å². The molecular weight excluding hydrogens is 378 g/mol. The summed E-state index contributed by atoms with van der Waals surface area (Å²) >= 11 is 1.07. The van der Waals surface area contributed by atoms with Crippen molar-refractivity contribution in [1.82, 2.24) is 15.0 Å². The SMILES string of the molecule is O=C(Cc1csc(NS(=O)(=O)c2ccccc2)n1)Nc1ccnc(=O)[nH]1. The second-order valence-electron chi connectivity index (χ2n) is 5.08. The van der Waals surface area contributed by atoms with Gasteiger partial charge in [0.1, 0.15) is 5.82 Å². The molecule has 3 N–H and O–H groups in total. The van der Waals surface area contributed by atoms with Crippen molar-refractivity contribution in [1.29, 1.82) is 0 Å². The van der Waals surface area contributed by atoms with Crippen LogP contribution >= 0.6 is 11.3 Å². The van der Waals surface area contributed by atoms with Gasteiger partial charge in [-0.05, 0) is 18.2 Å². The van der Waals surface area contributed by atoms with Crippen LogP contribution in [0, 0.1) is 0 Å². The minimum atomic E-state index is -3.73. The summed E-state index contributed by atoms with van der Waals surface area (Å²) in [4.78, 5) is 33.1. The average molecular weight is 391 g/mol. The smallest absolute Gasteiger partial charge is 0.312 e. The van der Waals surface area contributed by atoms with E-state index in [0.29, 0.717) is 5.69 Å². The van der Waals surface area contributed by atoms with E-state index < -0.39 is 21.6 Å². The lowest BCUT2D eigenvalue weighted by atomic mass is 10.3. The second-order valence-corrected chi connectivity index (χ2v) is 7.62. The Bertz CT molecular complexity index is 1080. The van der Waals surface area contributed by atoms with Crippen molar-refractivity contribution in [2.45, 2.75) is 11.3 Å². The Labute approximate surface area is 152 Å². The van der Waals surface area contributed by atoms with Gasteiger partial charge in [0.05, 0.1) is 17.0 Å². The molecule has 11 heteroatoms. The molecule has 1 aromatic carbocycles. The molecule has 26 heavy (non-hydrogen) atoms. The van der Waals surface area contributed by atoms with Crippen molar-refractivity contribution in [3.8, 4) is 0 Å². The number of amides is 1. The van der Waals surface area contributed by atoms with Crippen molar-refractivity contribution in [3.63, 3.8) is 0 Å². The molecule has 0 aliphatic heterocycles. The van der Waals surface area contributed by atoms with E-state index in [2.05, 4.69) is 25.0 Å². The Morgan fingerprint density at radius 3 is 2.69 bits per heavy atom. The molecule has 0 radical (unpaired) electrons. The molecule has 0 fully saturated rings. The third-order valence-electron chi connectivity index (χ3n) is 3.12. The van der Waals surface area contributed by atoms with Crippen LogP contribution in [0.4, 0.5) is 10.9 Å². The number of benzene rings is 1. The Kier molecular flexibility index (Phi) is 5.09. The van der Waals surface area contributed by atoms with Crippen LogP contribution in [0.1, 0.15) is 5.69 Å². The Hall–Kier alpha value is -3.05. The Balaban J connectivity index is 1.64. The molecule has 3 aromatic rings. The molecule has 0 aliphatic carbocycles. The molecule has 0 bridgehead atoms. The number of carbonyl (C=O) groups is 1. The summed E-state index contributed by atoms with van der Waals surface area (Å²) in [5, 5.41) is 4.25. The zero-order valence-corrected chi connectivity index (χ0v) is 14.8. The number of aromatic amines is 1. The monoisotopic (exact) mass is 391 g/mol. The molecule has 0 saturated heterocycles. The van der Waals surface area contributed by atoms with Gasteiger partial charge in [0, 0.05) is 11.6 Å². The number of carbonyl (C=O) groups excluding carboxylic acids is 1. The zero-order chi connectivity index (χ0) is 18.6. The van der Waals surface area contributed by atoms with Gasteiger partial charge in [-0.25, -0.2) is 23.2 Å². The molecule has 134 valence electrons. The van der Waals surface area contributed by atoms with Crippen LogP contribution in [0.2, 0.25) is 0 Å². The highest BCUT2D eigenvalue weighted by atomic mass is 32.2. The van der Waals surface area contributed by atoms with E-state index in [1.807, 2.05) is 0 Å². The van der Waals surface area contributed by atoms with Gasteiger partial charge in [-0.1, -0.05) is 18.2 Å². The molecular formula is C15H13N5O4S2. The van der Waals surface area contributed by atoms with Gasteiger partial charge in [0.2, 0.25) is 5.91 Å². The number of thiazole rings is 1. The number of anilines is 2. The van der Waals surface area contributed by atoms with Gasteiger partial charge in [-0.3, -0.25) is 14.5 Å². The average Bonchev–Trinajstić information content (AvgIpc) is 3.01. The molecule has 0 atom stereocenters. The lowest BCUT2D eigenvalue weighted by molar-refractivity contribution is -0.115. The maximum atomic E-state index is 12.2. The van der Waals surface area contributed by atoms with E-state index in [0.717, 1.165) is 11.3 Å². The molecule has 2 heterocycles. The third kappa shape index (κ3) is 4.52. The van der Waals surface area contributed by atoms with Crippen LogP contribution in [0.3, 0.4) is 0 Å². The maximum absolute atomic E-state index is 12.2. The first-order valence-corrected chi connectivity index (χ1v) is 9.66. The van der Waals surface area contributed by atoms with E-state index in [1.54, 1.807) is 23.6 Å². The van der Waals surface area contributed by atoms with Crippen molar-refractivity contribution >= 4 is 38.2 Å². The number of hydrogen-bond donors (Lipinski definition) is 3. The summed E-state index contributed by atoms with van der Waals surface area (Å²) < 4.78 is 26.9. The highest BCUT2D eigenvalue weighted by Gasteiger charge is 2.16. The predicted molar refractivity (Wildman–Crippen MR) is 96.6 cm³/mol. The van der Waals surface area contributed by atoms with Crippen LogP contribution < -0.4 is 15.7 Å². The number of sulfonamides is 1. The van der Waals surface area contributed by atoms with Gasteiger partial charge >= 0.3 is 5.69 Å². The number of H-pyrrole nitrogens is 1. The summed E-state index contributed by atoms with van der Waals surface area (Å²) in [7, 11) is -3.73. The highest BCUT2D eigenvalue weighted by Crippen LogP contribution is 2.20. The molecule has 0 unspecified atom stereocenters. The third-order valence-corrected chi connectivity index (χ3v) is 5.41. The van der Waals surface area contributed by atoms with E-state index >= 15 is 0 Å².